The van der Waals surface area contributed by atoms with Crippen LogP contribution < -0.4 is 4.74 Å². The second kappa shape index (κ2) is 4.37. The number of rotatable bonds is 2. The molecule has 0 saturated carbocycles. The van der Waals surface area contributed by atoms with E-state index in [1.165, 1.54) is 0 Å². The molecule has 0 atom stereocenters. The van der Waals surface area contributed by atoms with E-state index in [1.54, 1.807) is 7.11 Å². The van der Waals surface area contributed by atoms with E-state index in [9.17, 15) is 0 Å². The molecule has 0 fully saturated rings. The summed E-state index contributed by atoms with van der Waals surface area (Å²) in [6.45, 7) is 6.60. The van der Waals surface area contributed by atoms with Gasteiger partial charge < -0.3 is 9.15 Å². The van der Waals surface area contributed by atoms with Crippen LogP contribution in [0.25, 0.3) is 11.0 Å². The molecule has 0 aliphatic carbocycles. The molecule has 0 bridgehead atoms. The van der Waals surface area contributed by atoms with E-state index in [1.807, 2.05) is 12.1 Å². The molecule has 1 aromatic carbocycles. The lowest BCUT2D eigenvalue weighted by Gasteiger charge is -2.15. The van der Waals surface area contributed by atoms with Gasteiger partial charge in [0.15, 0.2) is 11.3 Å². The Morgan fingerprint density at radius 3 is 2.59 bits per heavy atom. The second-order valence-electron chi connectivity index (χ2n) is 5.44. The molecule has 1 aromatic heterocycles. The molecule has 1 heterocycles. The molecule has 0 unspecified atom stereocenters. The van der Waals surface area contributed by atoms with Gasteiger partial charge in [0.1, 0.15) is 5.76 Å². The SMILES string of the molecule is COc1ccc(Br)c2cc(CC(C)(C)C)oc12. The van der Waals surface area contributed by atoms with Crippen LogP contribution in [-0.2, 0) is 6.42 Å². The van der Waals surface area contributed by atoms with Crippen LogP contribution >= 0.6 is 15.9 Å². The van der Waals surface area contributed by atoms with Gasteiger partial charge in [0.2, 0.25) is 0 Å². The van der Waals surface area contributed by atoms with Crippen molar-refractivity contribution in [3.05, 3.63) is 28.4 Å². The van der Waals surface area contributed by atoms with Gasteiger partial charge in [-0.2, -0.15) is 0 Å². The molecule has 0 amide bonds. The Bertz CT molecular complexity index is 535. The number of furan rings is 1. The Labute approximate surface area is 110 Å². The summed E-state index contributed by atoms with van der Waals surface area (Å²) in [5, 5.41) is 1.07. The minimum Gasteiger partial charge on any atom is -0.493 e. The molecule has 0 N–H and O–H groups in total. The van der Waals surface area contributed by atoms with Crippen molar-refractivity contribution in [2.24, 2.45) is 5.41 Å². The van der Waals surface area contributed by atoms with E-state index in [-0.39, 0.29) is 5.41 Å². The number of methoxy groups -OCH3 is 1. The van der Waals surface area contributed by atoms with Crippen molar-refractivity contribution < 1.29 is 9.15 Å². The number of fused-ring (bicyclic) bond motifs is 1. The Kier molecular flexibility index (Phi) is 3.21. The number of ether oxygens (including phenoxy) is 1. The second-order valence-corrected chi connectivity index (χ2v) is 6.30. The minimum atomic E-state index is 0.216. The normalized spacial score (nSPS) is 12.1. The van der Waals surface area contributed by atoms with E-state index >= 15 is 0 Å². The van der Waals surface area contributed by atoms with Gasteiger partial charge >= 0.3 is 0 Å². The largest absolute Gasteiger partial charge is 0.493 e. The topological polar surface area (TPSA) is 22.4 Å². The standard InChI is InChI=1S/C14H17BrO2/c1-14(2,3)8-9-7-10-11(15)5-6-12(16-4)13(10)17-9/h5-7H,8H2,1-4H3. The summed E-state index contributed by atoms with van der Waals surface area (Å²) < 4.78 is 12.2. The number of hydrogen-bond acceptors (Lipinski definition) is 2. The van der Waals surface area contributed by atoms with Crippen molar-refractivity contribution in [2.45, 2.75) is 27.2 Å². The number of halogens is 1. The van der Waals surface area contributed by atoms with E-state index in [0.717, 1.165) is 33.4 Å². The van der Waals surface area contributed by atoms with Gasteiger partial charge in [-0.15, -0.1) is 0 Å². The van der Waals surface area contributed by atoms with Crippen LogP contribution in [0.2, 0.25) is 0 Å². The third-order valence-electron chi connectivity index (χ3n) is 2.57. The minimum absolute atomic E-state index is 0.216. The lowest BCUT2D eigenvalue weighted by molar-refractivity contribution is 0.364. The first-order valence-corrected chi connectivity index (χ1v) is 6.45. The first-order chi connectivity index (χ1) is 7.90. The molecule has 17 heavy (non-hydrogen) atoms. The Hall–Kier alpha value is -0.960. The monoisotopic (exact) mass is 296 g/mol. The average molecular weight is 297 g/mol. The Morgan fingerprint density at radius 1 is 1.29 bits per heavy atom. The quantitative estimate of drug-likeness (QED) is 0.795. The van der Waals surface area contributed by atoms with Crippen LogP contribution in [0.1, 0.15) is 26.5 Å². The van der Waals surface area contributed by atoms with Crippen LogP contribution in [0.15, 0.2) is 27.1 Å². The van der Waals surface area contributed by atoms with Crippen molar-refractivity contribution in [3.8, 4) is 5.75 Å². The van der Waals surface area contributed by atoms with Crippen molar-refractivity contribution in [2.75, 3.05) is 7.11 Å². The van der Waals surface area contributed by atoms with Gasteiger partial charge in [-0.05, 0) is 23.6 Å². The molecule has 2 nitrogen and oxygen atoms in total. The van der Waals surface area contributed by atoms with Crippen LogP contribution in [0.5, 0.6) is 5.75 Å². The maximum atomic E-state index is 5.89. The molecule has 0 saturated heterocycles. The summed E-state index contributed by atoms with van der Waals surface area (Å²) in [7, 11) is 1.66. The molecule has 0 spiro atoms. The molecule has 0 aliphatic rings. The fourth-order valence-corrected chi connectivity index (χ4v) is 2.31. The molecule has 2 aromatic rings. The molecular formula is C14H17BrO2. The van der Waals surface area contributed by atoms with Crippen LogP contribution in [-0.4, -0.2) is 7.11 Å². The average Bonchev–Trinajstić information content (AvgIpc) is 2.60. The van der Waals surface area contributed by atoms with E-state index < -0.39 is 0 Å². The summed E-state index contributed by atoms with van der Waals surface area (Å²) >= 11 is 3.54. The predicted octanol–water partition coefficient (Wildman–Crippen LogP) is 4.79. The Balaban J connectivity index is 2.52. The summed E-state index contributed by atoms with van der Waals surface area (Å²) in [5.41, 5.74) is 1.04. The van der Waals surface area contributed by atoms with Gasteiger partial charge in [0.25, 0.3) is 0 Å². The predicted molar refractivity (Wildman–Crippen MR) is 73.6 cm³/mol. The molecule has 92 valence electrons. The van der Waals surface area contributed by atoms with Gasteiger partial charge in [0, 0.05) is 16.3 Å². The van der Waals surface area contributed by atoms with Gasteiger partial charge in [0.05, 0.1) is 7.11 Å². The van der Waals surface area contributed by atoms with E-state index in [0.29, 0.717) is 0 Å². The van der Waals surface area contributed by atoms with Gasteiger partial charge in [-0.3, -0.25) is 0 Å². The van der Waals surface area contributed by atoms with Crippen LogP contribution in [0.4, 0.5) is 0 Å². The summed E-state index contributed by atoms with van der Waals surface area (Å²) in [4.78, 5) is 0. The molecule has 0 radical (unpaired) electrons. The summed E-state index contributed by atoms with van der Waals surface area (Å²) in [6.07, 6.45) is 0.914. The van der Waals surface area contributed by atoms with E-state index in [4.69, 9.17) is 9.15 Å². The highest BCUT2D eigenvalue weighted by atomic mass is 79.9. The molecular weight excluding hydrogens is 280 g/mol. The highest BCUT2D eigenvalue weighted by Gasteiger charge is 2.17. The maximum absolute atomic E-state index is 5.89. The zero-order valence-corrected chi connectivity index (χ0v) is 12.2. The summed E-state index contributed by atoms with van der Waals surface area (Å²) in [6, 6.07) is 5.99. The van der Waals surface area contributed by atoms with Crippen molar-refractivity contribution in [1.29, 1.82) is 0 Å². The first kappa shape index (κ1) is 12.5. The third-order valence-corrected chi connectivity index (χ3v) is 3.26. The van der Waals surface area contributed by atoms with Crippen molar-refractivity contribution in [3.63, 3.8) is 0 Å². The highest BCUT2D eigenvalue weighted by Crippen LogP contribution is 2.35. The first-order valence-electron chi connectivity index (χ1n) is 5.65. The zero-order chi connectivity index (χ0) is 12.6. The van der Waals surface area contributed by atoms with Crippen LogP contribution in [0, 0.1) is 5.41 Å². The lowest BCUT2D eigenvalue weighted by Crippen LogP contribution is -2.08. The van der Waals surface area contributed by atoms with Gasteiger partial charge in [-0.1, -0.05) is 36.7 Å². The lowest BCUT2D eigenvalue weighted by atomic mass is 9.91. The zero-order valence-electron chi connectivity index (χ0n) is 10.6. The van der Waals surface area contributed by atoms with E-state index in [2.05, 4.69) is 42.8 Å². The highest BCUT2D eigenvalue weighted by molar-refractivity contribution is 9.10. The maximum Gasteiger partial charge on any atom is 0.177 e. The smallest absolute Gasteiger partial charge is 0.177 e. The van der Waals surface area contributed by atoms with Crippen LogP contribution in [0.3, 0.4) is 0 Å². The van der Waals surface area contributed by atoms with Gasteiger partial charge in [-0.25, -0.2) is 0 Å². The summed E-state index contributed by atoms with van der Waals surface area (Å²) in [5.74, 6) is 1.78. The molecule has 2 rings (SSSR count). The molecule has 3 heteroatoms. The number of hydrogen-bond donors (Lipinski definition) is 0. The number of benzene rings is 1. The van der Waals surface area contributed by atoms with Crippen molar-refractivity contribution in [1.82, 2.24) is 0 Å². The van der Waals surface area contributed by atoms with Crippen molar-refractivity contribution >= 4 is 26.9 Å². The third kappa shape index (κ3) is 2.65. The molecule has 0 aliphatic heterocycles. The fourth-order valence-electron chi connectivity index (χ4n) is 1.89. The fraction of sp³-hybridized carbons (Fsp3) is 0.429. The Morgan fingerprint density at radius 2 is 2.00 bits per heavy atom.